The maximum atomic E-state index is 5.71. The highest BCUT2D eigenvalue weighted by Gasteiger charge is 2.23. The number of fused-ring (bicyclic) bond motifs is 1. The molecular formula is C15H19N5. The van der Waals surface area contributed by atoms with Gasteiger partial charge in [-0.2, -0.15) is 4.98 Å². The number of nitrogens with zero attached hydrogens (tertiary/aromatic N) is 3. The van der Waals surface area contributed by atoms with E-state index >= 15 is 0 Å². The summed E-state index contributed by atoms with van der Waals surface area (Å²) < 4.78 is 0. The first kappa shape index (κ1) is 12.7. The number of nitrogen functional groups attached to an aromatic ring is 1. The molecule has 1 aliphatic heterocycles. The summed E-state index contributed by atoms with van der Waals surface area (Å²) in [6, 6.07) is 10.8. The van der Waals surface area contributed by atoms with Crippen molar-refractivity contribution in [2.75, 3.05) is 16.2 Å². The Bertz CT molecular complexity index is 605. The number of hydrogen-bond acceptors (Lipinski definition) is 5. The lowest BCUT2D eigenvalue weighted by atomic mass is 9.98. The van der Waals surface area contributed by atoms with Crippen molar-refractivity contribution in [2.45, 2.75) is 32.7 Å². The monoisotopic (exact) mass is 269 g/mol. The summed E-state index contributed by atoms with van der Waals surface area (Å²) in [5.74, 6) is 1.03. The minimum absolute atomic E-state index is 0.297. The Balaban J connectivity index is 1.93. The van der Waals surface area contributed by atoms with Gasteiger partial charge >= 0.3 is 0 Å². The molecule has 0 radical (unpaired) electrons. The van der Waals surface area contributed by atoms with Crippen LogP contribution in [0.1, 0.15) is 24.6 Å². The fraction of sp³-hybridized carbons (Fsp3) is 0.333. The number of aryl methyl sites for hydroxylation is 2. The molecule has 1 aromatic carbocycles. The molecule has 0 saturated carbocycles. The summed E-state index contributed by atoms with van der Waals surface area (Å²) >= 11 is 0. The van der Waals surface area contributed by atoms with E-state index in [9.17, 15) is 0 Å². The van der Waals surface area contributed by atoms with Gasteiger partial charge in [-0.05, 0) is 38.3 Å². The van der Waals surface area contributed by atoms with Crippen LogP contribution in [0.2, 0.25) is 0 Å². The zero-order chi connectivity index (χ0) is 14.1. The third-order valence-corrected chi connectivity index (χ3v) is 3.63. The molecule has 104 valence electrons. The first-order chi connectivity index (χ1) is 9.63. The van der Waals surface area contributed by atoms with Crippen LogP contribution in [0.4, 0.5) is 17.5 Å². The highest BCUT2D eigenvalue weighted by Crippen LogP contribution is 2.30. The van der Waals surface area contributed by atoms with Crippen molar-refractivity contribution in [3.8, 4) is 0 Å². The third-order valence-electron chi connectivity index (χ3n) is 3.63. The van der Waals surface area contributed by atoms with Crippen molar-refractivity contribution >= 4 is 17.5 Å². The van der Waals surface area contributed by atoms with E-state index < -0.39 is 0 Å². The number of nitrogens with two attached hydrogens (primary N) is 1. The zero-order valence-electron chi connectivity index (χ0n) is 11.8. The lowest BCUT2D eigenvalue weighted by Gasteiger charge is -2.37. The fourth-order valence-electron chi connectivity index (χ4n) is 2.63. The van der Waals surface area contributed by atoms with Crippen molar-refractivity contribution in [1.82, 2.24) is 9.97 Å². The van der Waals surface area contributed by atoms with Gasteiger partial charge in [0.1, 0.15) is 5.82 Å². The van der Waals surface area contributed by atoms with E-state index in [4.69, 9.17) is 5.73 Å². The quantitative estimate of drug-likeness (QED) is 0.877. The Labute approximate surface area is 118 Å². The Morgan fingerprint density at radius 1 is 1.30 bits per heavy atom. The van der Waals surface area contributed by atoms with Crippen LogP contribution in [0.15, 0.2) is 30.3 Å². The second-order valence-corrected chi connectivity index (χ2v) is 5.25. The number of benzene rings is 1. The third kappa shape index (κ3) is 2.39. The summed E-state index contributed by atoms with van der Waals surface area (Å²) in [7, 11) is 0. The molecule has 5 heteroatoms. The second kappa shape index (κ2) is 5.00. The maximum absolute atomic E-state index is 5.71. The minimum atomic E-state index is 0.297. The van der Waals surface area contributed by atoms with Gasteiger partial charge in [0.25, 0.3) is 0 Å². The normalized spacial score (nSPS) is 17.7. The molecule has 0 aliphatic carbocycles. The van der Waals surface area contributed by atoms with Crippen LogP contribution in [0.5, 0.6) is 0 Å². The summed E-state index contributed by atoms with van der Waals surface area (Å²) in [6.45, 7) is 4.12. The van der Waals surface area contributed by atoms with Crippen molar-refractivity contribution in [1.29, 1.82) is 0 Å². The topological polar surface area (TPSA) is 67.1 Å². The van der Waals surface area contributed by atoms with Crippen LogP contribution < -0.4 is 16.2 Å². The SMILES string of the molecule is Cc1cc(NN2c3ccccc3CCC2C)nc(N)n1. The molecule has 1 aromatic heterocycles. The number of anilines is 3. The molecule has 0 amide bonds. The Hall–Kier alpha value is -2.30. The zero-order valence-corrected chi connectivity index (χ0v) is 11.8. The number of hydrazine groups is 1. The van der Waals surface area contributed by atoms with E-state index in [1.807, 2.05) is 13.0 Å². The van der Waals surface area contributed by atoms with E-state index in [-0.39, 0.29) is 0 Å². The van der Waals surface area contributed by atoms with Gasteiger partial charge < -0.3 is 5.73 Å². The molecule has 0 bridgehead atoms. The molecule has 20 heavy (non-hydrogen) atoms. The molecule has 2 heterocycles. The van der Waals surface area contributed by atoms with Crippen molar-refractivity contribution in [2.24, 2.45) is 0 Å². The lowest BCUT2D eigenvalue weighted by Crippen LogP contribution is -2.42. The van der Waals surface area contributed by atoms with E-state index in [0.717, 1.165) is 24.4 Å². The van der Waals surface area contributed by atoms with E-state index in [2.05, 4.69) is 51.6 Å². The van der Waals surface area contributed by atoms with Crippen molar-refractivity contribution in [3.05, 3.63) is 41.6 Å². The predicted molar refractivity (Wildman–Crippen MR) is 81.5 cm³/mol. The summed E-state index contributed by atoms with van der Waals surface area (Å²) in [5, 5.41) is 2.17. The van der Waals surface area contributed by atoms with Gasteiger partial charge in [0.15, 0.2) is 0 Å². The molecule has 0 saturated heterocycles. The molecule has 3 rings (SSSR count). The Morgan fingerprint density at radius 3 is 2.90 bits per heavy atom. The van der Waals surface area contributed by atoms with Gasteiger partial charge in [-0.15, -0.1) is 0 Å². The smallest absolute Gasteiger partial charge is 0.222 e. The highest BCUT2D eigenvalue weighted by molar-refractivity contribution is 5.60. The average molecular weight is 269 g/mol. The van der Waals surface area contributed by atoms with Crippen LogP contribution in [0, 0.1) is 6.92 Å². The van der Waals surface area contributed by atoms with Gasteiger partial charge in [-0.25, -0.2) is 4.98 Å². The van der Waals surface area contributed by atoms with E-state index in [1.165, 1.54) is 11.3 Å². The first-order valence-corrected chi connectivity index (χ1v) is 6.88. The molecular weight excluding hydrogens is 250 g/mol. The fourth-order valence-corrected chi connectivity index (χ4v) is 2.63. The number of aromatic nitrogens is 2. The van der Waals surface area contributed by atoms with Crippen LogP contribution >= 0.6 is 0 Å². The maximum Gasteiger partial charge on any atom is 0.222 e. The van der Waals surface area contributed by atoms with Gasteiger partial charge in [0.2, 0.25) is 5.95 Å². The Kier molecular flexibility index (Phi) is 3.18. The first-order valence-electron chi connectivity index (χ1n) is 6.88. The number of nitrogens with one attached hydrogen (secondary N) is 1. The molecule has 1 unspecified atom stereocenters. The van der Waals surface area contributed by atoms with Crippen LogP contribution in [0.25, 0.3) is 0 Å². The van der Waals surface area contributed by atoms with Gasteiger partial charge in [-0.3, -0.25) is 10.4 Å². The number of rotatable bonds is 2. The average Bonchev–Trinajstić information content (AvgIpc) is 2.41. The second-order valence-electron chi connectivity index (χ2n) is 5.25. The van der Waals surface area contributed by atoms with Crippen molar-refractivity contribution in [3.63, 3.8) is 0 Å². The molecule has 5 nitrogen and oxygen atoms in total. The van der Waals surface area contributed by atoms with Gasteiger partial charge in [0, 0.05) is 17.8 Å². The van der Waals surface area contributed by atoms with E-state index in [0.29, 0.717) is 12.0 Å². The van der Waals surface area contributed by atoms with Crippen LogP contribution in [0.3, 0.4) is 0 Å². The molecule has 0 spiro atoms. The predicted octanol–water partition coefficient (Wildman–Crippen LogP) is 2.54. The molecule has 1 aliphatic rings. The Morgan fingerprint density at radius 2 is 2.10 bits per heavy atom. The molecule has 3 N–H and O–H groups in total. The van der Waals surface area contributed by atoms with Gasteiger partial charge in [0.05, 0.1) is 5.69 Å². The summed E-state index contributed by atoms with van der Waals surface area (Å²) in [4.78, 5) is 8.35. The van der Waals surface area contributed by atoms with Crippen LogP contribution in [-0.2, 0) is 6.42 Å². The minimum Gasteiger partial charge on any atom is -0.368 e. The largest absolute Gasteiger partial charge is 0.368 e. The van der Waals surface area contributed by atoms with Crippen LogP contribution in [-0.4, -0.2) is 16.0 Å². The number of para-hydroxylation sites is 1. The van der Waals surface area contributed by atoms with Crippen molar-refractivity contribution < 1.29 is 0 Å². The highest BCUT2D eigenvalue weighted by atomic mass is 15.5. The number of hydrogen-bond donors (Lipinski definition) is 2. The lowest BCUT2D eigenvalue weighted by molar-refractivity contribution is 0.593. The molecule has 2 aromatic rings. The summed E-state index contributed by atoms with van der Waals surface area (Å²) in [5.41, 5.74) is 12.5. The summed E-state index contributed by atoms with van der Waals surface area (Å²) in [6.07, 6.45) is 2.23. The standard InChI is InChI=1S/C15H19N5/c1-10-9-14(18-15(16)17-10)19-20-11(2)7-8-12-5-3-4-6-13(12)20/h3-6,9,11H,7-8H2,1-2H3,(H3,16,17,18,19). The molecule has 1 atom stereocenters. The van der Waals surface area contributed by atoms with Gasteiger partial charge in [-0.1, -0.05) is 18.2 Å². The molecule has 0 fully saturated rings. The van der Waals surface area contributed by atoms with E-state index in [1.54, 1.807) is 0 Å².